The molecule has 1 heterocycles. The van der Waals surface area contributed by atoms with Gasteiger partial charge in [-0.25, -0.2) is 0 Å². The first-order chi connectivity index (χ1) is 18.1. The number of fused-ring (bicyclic) bond motifs is 1. The highest BCUT2D eigenvalue weighted by Gasteiger charge is 2.58. The summed E-state index contributed by atoms with van der Waals surface area (Å²) in [7, 11) is -2.59. The lowest BCUT2D eigenvalue weighted by atomic mass is 10.1. The topological polar surface area (TPSA) is 35.6 Å². The van der Waals surface area contributed by atoms with Gasteiger partial charge in [0, 0.05) is 18.2 Å². The van der Waals surface area contributed by atoms with Crippen LogP contribution in [-0.4, -0.2) is 14.5 Å². The highest BCUT2D eigenvalue weighted by atomic mass is 28.4. The Bertz CT molecular complexity index is 1570. The van der Waals surface area contributed by atoms with E-state index in [1.165, 1.54) is 6.07 Å². The molecule has 1 atom stereocenters. The van der Waals surface area contributed by atoms with E-state index in [0.29, 0.717) is 28.0 Å². The SMILES string of the molecule is C[Si](C)(C)OC1(c2ccccc2[N-]c2ccccc2)OC(C(F)(F)F)=c2ccccc2=[N+]1c1ccccc1. The zero-order valence-corrected chi connectivity index (χ0v) is 22.2. The number of hydrogen-bond acceptors (Lipinski definition) is 2. The van der Waals surface area contributed by atoms with E-state index in [0.717, 1.165) is 0 Å². The summed E-state index contributed by atoms with van der Waals surface area (Å²) in [6, 6.07) is 31.9. The lowest BCUT2D eigenvalue weighted by Crippen LogP contribution is -2.61. The number of halogens is 3. The molecule has 1 aliphatic rings. The maximum Gasteiger partial charge on any atom is 0.453 e. The van der Waals surface area contributed by atoms with Gasteiger partial charge in [0.1, 0.15) is 0 Å². The molecule has 0 N–H and O–H groups in total. The van der Waals surface area contributed by atoms with Crippen molar-refractivity contribution in [3.8, 4) is 0 Å². The monoisotopic (exact) mass is 532 g/mol. The fraction of sp³-hybridized carbons (Fsp3) is 0.167. The molecule has 0 spiro atoms. The van der Waals surface area contributed by atoms with E-state index in [4.69, 9.17) is 14.5 Å². The van der Waals surface area contributed by atoms with Gasteiger partial charge >= 0.3 is 12.1 Å². The summed E-state index contributed by atoms with van der Waals surface area (Å²) in [6.07, 6.45) is -4.77. The Balaban J connectivity index is 1.92. The number of hydrogen-bond donors (Lipinski definition) is 0. The quantitative estimate of drug-likeness (QED) is 0.194. The van der Waals surface area contributed by atoms with E-state index in [-0.39, 0.29) is 5.22 Å². The third kappa shape index (κ3) is 4.97. The molecule has 0 aromatic heterocycles. The third-order valence-electron chi connectivity index (χ3n) is 5.89. The van der Waals surface area contributed by atoms with Crippen molar-refractivity contribution in [2.24, 2.45) is 0 Å². The van der Waals surface area contributed by atoms with Crippen LogP contribution in [0.15, 0.2) is 109 Å². The summed E-state index contributed by atoms with van der Waals surface area (Å²) >= 11 is 0. The second-order valence-corrected chi connectivity index (χ2v) is 14.3. The zero-order valence-electron chi connectivity index (χ0n) is 21.2. The normalized spacial score (nSPS) is 17.5. The Hall–Kier alpha value is -3.88. The maximum absolute atomic E-state index is 14.6. The Labute approximate surface area is 220 Å². The molecule has 1 aliphatic heterocycles. The molecule has 8 heteroatoms. The van der Waals surface area contributed by atoms with Crippen LogP contribution in [-0.2, 0) is 15.1 Å². The van der Waals surface area contributed by atoms with Crippen LogP contribution in [0, 0.1) is 0 Å². The van der Waals surface area contributed by atoms with Crippen LogP contribution in [0.5, 0.6) is 0 Å². The van der Waals surface area contributed by atoms with Crippen LogP contribution in [0.1, 0.15) is 5.56 Å². The second-order valence-electron chi connectivity index (χ2n) is 9.88. The van der Waals surface area contributed by atoms with E-state index < -0.39 is 26.2 Å². The molecule has 194 valence electrons. The highest BCUT2D eigenvalue weighted by molar-refractivity contribution is 6.69. The van der Waals surface area contributed by atoms with Crippen molar-refractivity contribution in [3.05, 3.63) is 131 Å². The lowest BCUT2D eigenvalue weighted by Gasteiger charge is -2.40. The van der Waals surface area contributed by atoms with Gasteiger partial charge in [0.25, 0.3) is 0 Å². The number of rotatable bonds is 6. The van der Waals surface area contributed by atoms with Crippen molar-refractivity contribution in [2.75, 3.05) is 0 Å². The summed E-state index contributed by atoms with van der Waals surface area (Å²) in [5.74, 6) is -3.09. The Kier molecular flexibility index (Phi) is 6.62. The minimum Gasteiger partial charge on any atom is -0.657 e. The molecule has 1 unspecified atom stereocenters. The van der Waals surface area contributed by atoms with E-state index in [1.54, 1.807) is 47.0 Å². The van der Waals surface area contributed by atoms with Crippen LogP contribution >= 0.6 is 0 Å². The molecular formula is C30H27F3N2O2Si. The molecule has 0 saturated carbocycles. The fourth-order valence-corrected chi connectivity index (χ4v) is 5.62. The van der Waals surface area contributed by atoms with E-state index in [1.807, 2.05) is 80.3 Å². The van der Waals surface area contributed by atoms with Crippen molar-refractivity contribution >= 4 is 31.1 Å². The number of ether oxygens (including phenoxy) is 1. The number of para-hydroxylation sites is 4. The first kappa shape index (κ1) is 25.8. The van der Waals surface area contributed by atoms with Crippen molar-refractivity contribution in [3.63, 3.8) is 0 Å². The predicted molar refractivity (Wildman–Crippen MR) is 145 cm³/mol. The molecule has 4 aromatic carbocycles. The van der Waals surface area contributed by atoms with Gasteiger partial charge in [-0.3, -0.25) is 0 Å². The van der Waals surface area contributed by atoms with Crippen molar-refractivity contribution in [1.29, 1.82) is 0 Å². The minimum atomic E-state index is -4.77. The summed E-state index contributed by atoms with van der Waals surface area (Å²) < 4.78 is 58.5. The van der Waals surface area contributed by atoms with Crippen molar-refractivity contribution in [2.45, 2.75) is 31.7 Å². The van der Waals surface area contributed by atoms with Gasteiger partial charge in [-0.1, -0.05) is 78.9 Å². The molecule has 4 nitrogen and oxygen atoms in total. The van der Waals surface area contributed by atoms with Gasteiger partial charge < -0.3 is 14.5 Å². The van der Waals surface area contributed by atoms with Crippen LogP contribution < -0.4 is 15.2 Å². The standard InChI is InChI=1S/C30H27F3N2O2Si/c1-38(2,3)37-30(25-19-11-12-20-26(25)34-22-14-6-4-7-15-22)35(23-16-8-5-9-17-23)27-21-13-10-18-24(27)28(36-30)29(31,32)33/h4-21H,1-3H3. The molecule has 0 radical (unpaired) electrons. The Morgan fingerprint density at radius 2 is 1.34 bits per heavy atom. The summed E-state index contributed by atoms with van der Waals surface area (Å²) in [4.78, 5) is 0. The molecule has 38 heavy (non-hydrogen) atoms. The minimum absolute atomic E-state index is 0.0591. The van der Waals surface area contributed by atoms with Gasteiger partial charge in [-0.2, -0.15) is 13.2 Å². The second kappa shape index (κ2) is 9.77. The molecule has 0 saturated heterocycles. The van der Waals surface area contributed by atoms with Gasteiger partial charge in [0.05, 0.1) is 10.8 Å². The average molecular weight is 533 g/mol. The Morgan fingerprint density at radius 3 is 2.00 bits per heavy atom. The van der Waals surface area contributed by atoms with Crippen LogP contribution in [0.3, 0.4) is 0 Å². The molecule has 0 fully saturated rings. The smallest absolute Gasteiger partial charge is 0.453 e. The number of benzene rings is 4. The van der Waals surface area contributed by atoms with Crippen molar-refractivity contribution < 1.29 is 22.3 Å². The van der Waals surface area contributed by atoms with Crippen LogP contribution in [0.4, 0.5) is 30.2 Å². The Morgan fingerprint density at radius 1 is 0.763 bits per heavy atom. The summed E-state index contributed by atoms with van der Waals surface area (Å²) in [6.45, 7) is 5.77. The summed E-state index contributed by atoms with van der Waals surface area (Å²) in [5, 5.41) is 5.07. The van der Waals surface area contributed by atoms with Gasteiger partial charge in [0.2, 0.25) is 16.8 Å². The zero-order chi connectivity index (χ0) is 27.0. The maximum atomic E-state index is 14.6. The molecule has 0 amide bonds. The molecule has 5 rings (SSSR count). The third-order valence-corrected chi connectivity index (χ3v) is 6.78. The average Bonchev–Trinajstić information content (AvgIpc) is 2.88. The lowest BCUT2D eigenvalue weighted by molar-refractivity contribution is -0.215. The van der Waals surface area contributed by atoms with Gasteiger partial charge in [-0.15, -0.1) is 16.0 Å². The first-order valence-corrected chi connectivity index (χ1v) is 15.6. The fourth-order valence-electron chi connectivity index (χ4n) is 4.55. The largest absolute Gasteiger partial charge is 0.657 e. The van der Waals surface area contributed by atoms with E-state index >= 15 is 0 Å². The van der Waals surface area contributed by atoms with Crippen LogP contribution in [0.2, 0.25) is 19.6 Å². The van der Waals surface area contributed by atoms with E-state index in [9.17, 15) is 13.2 Å². The first-order valence-electron chi connectivity index (χ1n) is 12.2. The molecule has 0 aliphatic carbocycles. The van der Waals surface area contributed by atoms with Gasteiger partial charge in [0.15, 0.2) is 8.32 Å². The molecule has 0 bridgehead atoms. The number of nitrogens with zero attached hydrogens (tertiary/aromatic N) is 2. The van der Waals surface area contributed by atoms with Crippen LogP contribution in [0.25, 0.3) is 11.1 Å². The van der Waals surface area contributed by atoms with E-state index in [2.05, 4.69) is 0 Å². The number of alkyl halides is 3. The molecule has 4 aromatic rings. The summed E-state index contributed by atoms with van der Waals surface area (Å²) in [5.41, 5.74) is 2.09. The van der Waals surface area contributed by atoms with Gasteiger partial charge in [-0.05, 0) is 31.8 Å². The van der Waals surface area contributed by atoms with Crippen molar-refractivity contribution in [1.82, 2.24) is 4.58 Å². The highest BCUT2D eigenvalue weighted by Crippen LogP contribution is 2.46. The molecular weight excluding hydrogens is 505 g/mol. The predicted octanol–water partition coefficient (Wildman–Crippen LogP) is 7.21.